The number of amides is 2. The molecule has 4 N–H and O–H groups in total. The fourth-order valence-electron chi connectivity index (χ4n) is 0.945. The van der Waals surface area contributed by atoms with E-state index in [0.29, 0.717) is 11.3 Å². The van der Waals surface area contributed by atoms with Gasteiger partial charge in [-0.25, -0.2) is 10.2 Å². The first kappa shape index (κ1) is 10.8. The molecule has 0 fully saturated rings. The van der Waals surface area contributed by atoms with E-state index < -0.39 is 6.03 Å². The second-order valence-electron chi connectivity index (χ2n) is 2.67. The van der Waals surface area contributed by atoms with Crippen LogP contribution in [0.4, 0.5) is 4.79 Å². The first-order valence-electron chi connectivity index (χ1n) is 4.09. The van der Waals surface area contributed by atoms with Crippen molar-refractivity contribution in [1.82, 2.24) is 5.43 Å². The number of nitrogens with zero attached hydrogens (tertiary/aromatic N) is 1. The highest BCUT2D eigenvalue weighted by Crippen LogP contribution is 2.25. The molecule has 0 radical (unpaired) electrons. The van der Waals surface area contributed by atoms with E-state index in [1.54, 1.807) is 12.1 Å². The van der Waals surface area contributed by atoms with Crippen LogP contribution in [-0.4, -0.2) is 24.5 Å². The van der Waals surface area contributed by atoms with Crippen molar-refractivity contribution in [2.75, 3.05) is 7.11 Å². The van der Waals surface area contributed by atoms with Crippen LogP contribution in [0, 0.1) is 0 Å². The van der Waals surface area contributed by atoms with Gasteiger partial charge in [-0.15, -0.1) is 0 Å². The van der Waals surface area contributed by atoms with E-state index in [9.17, 15) is 9.90 Å². The number of primary amides is 1. The van der Waals surface area contributed by atoms with Crippen LogP contribution in [0.3, 0.4) is 0 Å². The van der Waals surface area contributed by atoms with Gasteiger partial charge in [-0.2, -0.15) is 5.10 Å². The largest absolute Gasteiger partial charge is 0.504 e. The second-order valence-corrected chi connectivity index (χ2v) is 2.67. The number of hydrazone groups is 1. The van der Waals surface area contributed by atoms with E-state index in [1.807, 2.05) is 0 Å². The van der Waals surface area contributed by atoms with Crippen LogP contribution in [0.25, 0.3) is 0 Å². The number of carbonyl (C=O) groups is 1. The van der Waals surface area contributed by atoms with Gasteiger partial charge in [-0.3, -0.25) is 0 Å². The number of phenols is 1. The van der Waals surface area contributed by atoms with Crippen LogP contribution in [0.5, 0.6) is 11.5 Å². The van der Waals surface area contributed by atoms with Gasteiger partial charge in [-0.05, 0) is 23.8 Å². The van der Waals surface area contributed by atoms with E-state index in [4.69, 9.17) is 10.5 Å². The number of urea groups is 1. The molecule has 0 aliphatic rings. The maximum absolute atomic E-state index is 10.3. The third-order valence-electron chi connectivity index (χ3n) is 1.59. The Morgan fingerprint density at radius 2 is 2.40 bits per heavy atom. The Hall–Kier alpha value is -2.24. The average Bonchev–Trinajstić information content (AvgIpc) is 2.20. The minimum absolute atomic E-state index is 0.0394. The Balaban J connectivity index is 2.78. The molecule has 0 atom stereocenters. The van der Waals surface area contributed by atoms with Gasteiger partial charge in [0.05, 0.1) is 13.3 Å². The molecule has 1 rings (SSSR count). The van der Waals surface area contributed by atoms with E-state index in [-0.39, 0.29) is 5.75 Å². The number of phenolic OH excluding ortho intramolecular Hbond substituents is 1. The zero-order valence-corrected chi connectivity index (χ0v) is 8.10. The van der Waals surface area contributed by atoms with Crippen molar-refractivity contribution < 1.29 is 14.6 Å². The summed E-state index contributed by atoms with van der Waals surface area (Å²) < 4.78 is 4.89. The minimum Gasteiger partial charge on any atom is -0.504 e. The smallest absolute Gasteiger partial charge is 0.332 e. The molecular formula is C9H11N3O3. The summed E-state index contributed by atoms with van der Waals surface area (Å²) in [6.07, 6.45) is 1.38. The predicted octanol–water partition coefficient (Wildman–Crippen LogP) is 0.403. The lowest BCUT2D eigenvalue weighted by atomic mass is 10.2. The Kier molecular flexibility index (Phi) is 3.50. The molecule has 15 heavy (non-hydrogen) atoms. The molecule has 0 heterocycles. The molecule has 6 heteroatoms. The number of benzene rings is 1. The van der Waals surface area contributed by atoms with Gasteiger partial charge in [0.2, 0.25) is 0 Å². The molecule has 0 spiro atoms. The fourth-order valence-corrected chi connectivity index (χ4v) is 0.945. The average molecular weight is 209 g/mol. The number of nitrogens with one attached hydrogen (secondary N) is 1. The number of nitrogens with two attached hydrogens (primary N) is 1. The molecule has 0 aliphatic carbocycles. The van der Waals surface area contributed by atoms with Crippen molar-refractivity contribution in [3.8, 4) is 11.5 Å². The van der Waals surface area contributed by atoms with Crippen LogP contribution in [0.1, 0.15) is 5.56 Å². The topological polar surface area (TPSA) is 96.9 Å². The zero-order valence-electron chi connectivity index (χ0n) is 8.10. The number of aromatic hydroxyl groups is 1. The standard InChI is InChI=1S/C9H11N3O3/c1-15-8-4-6(2-3-7(8)13)5-11-12-9(10)14/h2-5,13H,1H3,(H3,10,12,14). The molecule has 1 aromatic carbocycles. The van der Waals surface area contributed by atoms with Gasteiger partial charge in [-0.1, -0.05) is 0 Å². The van der Waals surface area contributed by atoms with Crippen LogP contribution < -0.4 is 15.9 Å². The third kappa shape index (κ3) is 3.18. The van der Waals surface area contributed by atoms with Crippen molar-refractivity contribution in [3.63, 3.8) is 0 Å². The summed E-state index contributed by atoms with van der Waals surface area (Å²) >= 11 is 0. The van der Waals surface area contributed by atoms with Gasteiger partial charge in [0.15, 0.2) is 11.5 Å². The lowest BCUT2D eigenvalue weighted by Crippen LogP contribution is -2.24. The first-order valence-corrected chi connectivity index (χ1v) is 4.09. The van der Waals surface area contributed by atoms with Crippen LogP contribution in [-0.2, 0) is 0 Å². The van der Waals surface area contributed by atoms with Crippen molar-refractivity contribution >= 4 is 12.2 Å². The van der Waals surface area contributed by atoms with Crippen LogP contribution >= 0.6 is 0 Å². The Labute approximate surface area is 86.4 Å². The number of rotatable bonds is 3. The predicted molar refractivity (Wildman–Crippen MR) is 55.0 cm³/mol. The molecule has 1 aromatic rings. The van der Waals surface area contributed by atoms with E-state index in [0.717, 1.165) is 0 Å². The van der Waals surface area contributed by atoms with Gasteiger partial charge in [0.1, 0.15) is 0 Å². The lowest BCUT2D eigenvalue weighted by molar-refractivity contribution is 0.249. The summed E-state index contributed by atoms with van der Waals surface area (Å²) in [7, 11) is 1.44. The van der Waals surface area contributed by atoms with E-state index >= 15 is 0 Å². The Bertz CT molecular complexity index is 390. The normalized spacial score (nSPS) is 10.2. The quantitative estimate of drug-likeness (QED) is 0.496. The lowest BCUT2D eigenvalue weighted by Gasteiger charge is -2.03. The third-order valence-corrected chi connectivity index (χ3v) is 1.59. The Morgan fingerprint density at radius 1 is 1.67 bits per heavy atom. The van der Waals surface area contributed by atoms with E-state index in [2.05, 4.69) is 10.5 Å². The number of ether oxygens (including phenoxy) is 1. The van der Waals surface area contributed by atoms with Gasteiger partial charge in [0, 0.05) is 0 Å². The van der Waals surface area contributed by atoms with E-state index in [1.165, 1.54) is 19.4 Å². The fraction of sp³-hybridized carbons (Fsp3) is 0.111. The summed E-state index contributed by atoms with van der Waals surface area (Å²) in [4.78, 5) is 10.3. The molecule has 6 nitrogen and oxygen atoms in total. The highest BCUT2D eigenvalue weighted by molar-refractivity contribution is 5.82. The molecular weight excluding hydrogens is 198 g/mol. The molecule has 0 unspecified atom stereocenters. The highest BCUT2D eigenvalue weighted by atomic mass is 16.5. The number of methoxy groups -OCH3 is 1. The first-order chi connectivity index (χ1) is 7.13. The number of carbonyl (C=O) groups excluding carboxylic acids is 1. The maximum Gasteiger partial charge on any atom is 0.332 e. The minimum atomic E-state index is -0.739. The molecule has 80 valence electrons. The summed E-state index contributed by atoms with van der Waals surface area (Å²) in [5, 5.41) is 12.8. The summed E-state index contributed by atoms with van der Waals surface area (Å²) in [6.45, 7) is 0. The van der Waals surface area contributed by atoms with Gasteiger partial charge >= 0.3 is 6.03 Å². The Morgan fingerprint density at radius 3 is 3.00 bits per heavy atom. The molecule has 0 saturated carbocycles. The van der Waals surface area contributed by atoms with Crippen molar-refractivity contribution in [1.29, 1.82) is 0 Å². The summed E-state index contributed by atoms with van der Waals surface area (Å²) in [5.74, 6) is 0.371. The number of hydrogen-bond donors (Lipinski definition) is 3. The van der Waals surface area contributed by atoms with Crippen LogP contribution in [0.15, 0.2) is 23.3 Å². The second kappa shape index (κ2) is 4.85. The van der Waals surface area contributed by atoms with Crippen molar-refractivity contribution in [2.24, 2.45) is 10.8 Å². The van der Waals surface area contributed by atoms with Gasteiger partial charge < -0.3 is 15.6 Å². The summed E-state index contributed by atoms with van der Waals surface area (Å²) in [6, 6.07) is 3.91. The van der Waals surface area contributed by atoms with Crippen LogP contribution in [0.2, 0.25) is 0 Å². The van der Waals surface area contributed by atoms with Crippen molar-refractivity contribution in [2.45, 2.75) is 0 Å². The van der Waals surface area contributed by atoms with Crippen molar-refractivity contribution in [3.05, 3.63) is 23.8 Å². The SMILES string of the molecule is COc1cc(C=NNC(N)=O)ccc1O. The van der Waals surface area contributed by atoms with Gasteiger partial charge in [0.25, 0.3) is 0 Å². The molecule has 0 aliphatic heterocycles. The molecule has 0 bridgehead atoms. The molecule has 2 amide bonds. The maximum atomic E-state index is 10.3. The number of hydrogen-bond acceptors (Lipinski definition) is 4. The summed E-state index contributed by atoms with van der Waals surface area (Å²) in [5.41, 5.74) is 7.52. The zero-order chi connectivity index (χ0) is 11.3. The molecule has 0 saturated heterocycles. The molecule has 0 aromatic heterocycles. The monoisotopic (exact) mass is 209 g/mol. The highest BCUT2D eigenvalue weighted by Gasteiger charge is 2.00.